The lowest BCUT2D eigenvalue weighted by Gasteiger charge is -2.60. The van der Waals surface area contributed by atoms with Gasteiger partial charge in [0, 0.05) is 17.8 Å². The van der Waals surface area contributed by atoms with Gasteiger partial charge in [0.2, 0.25) is 0 Å². The Kier molecular flexibility index (Phi) is 3.63. The van der Waals surface area contributed by atoms with Gasteiger partial charge >= 0.3 is 0 Å². The maximum absolute atomic E-state index is 4.47. The normalized spacial score (nSPS) is 32.6. The van der Waals surface area contributed by atoms with E-state index in [1.54, 1.807) is 0 Å². The third-order valence-corrected chi connectivity index (χ3v) is 6.36. The molecule has 3 rings (SSSR count). The monoisotopic (exact) mass is 283 g/mol. The minimum absolute atomic E-state index is 0.283. The molecule has 1 aliphatic carbocycles. The van der Waals surface area contributed by atoms with Crippen LogP contribution in [0.5, 0.6) is 0 Å². The Morgan fingerprint density at radius 1 is 1.00 bits per heavy atom. The quantitative estimate of drug-likeness (QED) is 0.702. The van der Waals surface area contributed by atoms with Gasteiger partial charge in [0.25, 0.3) is 0 Å². The fourth-order valence-electron chi connectivity index (χ4n) is 4.62. The van der Waals surface area contributed by atoms with E-state index in [1.807, 2.05) is 0 Å². The van der Waals surface area contributed by atoms with E-state index in [-0.39, 0.29) is 5.54 Å². The topological polar surface area (TPSA) is 3.24 Å². The van der Waals surface area contributed by atoms with Crippen molar-refractivity contribution in [3.05, 3.63) is 42.0 Å². The summed E-state index contributed by atoms with van der Waals surface area (Å²) < 4.78 is 0. The van der Waals surface area contributed by atoms with Gasteiger partial charge in [-0.3, -0.25) is 0 Å². The smallest absolute Gasteiger partial charge is 0.0427 e. The summed E-state index contributed by atoms with van der Waals surface area (Å²) in [4.78, 5) is 2.64. The maximum Gasteiger partial charge on any atom is 0.0427 e. The fraction of sp³-hybridized carbons (Fsp3) is 0.600. The number of benzene rings is 1. The molecule has 114 valence electrons. The van der Waals surface area contributed by atoms with Crippen LogP contribution in [0, 0.1) is 12.3 Å². The van der Waals surface area contributed by atoms with Crippen LogP contribution in [0.3, 0.4) is 0 Å². The van der Waals surface area contributed by atoms with Crippen molar-refractivity contribution in [3.63, 3.8) is 0 Å². The Morgan fingerprint density at radius 2 is 1.62 bits per heavy atom. The molecule has 1 saturated carbocycles. The number of hydrogen-bond donors (Lipinski definition) is 0. The summed E-state index contributed by atoms with van der Waals surface area (Å²) in [5.41, 5.74) is 4.57. The summed E-state index contributed by atoms with van der Waals surface area (Å²) in [7, 11) is 0. The summed E-state index contributed by atoms with van der Waals surface area (Å²) in [5, 5.41) is 0. The molecule has 0 N–H and O–H groups in total. The number of piperidine rings is 1. The molecule has 1 heterocycles. The molecule has 0 bridgehead atoms. The van der Waals surface area contributed by atoms with Crippen molar-refractivity contribution in [2.24, 2.45) is 5.41 Å². The molecular weight excluding hydrogens is 254 g/mol. The number of aryl methyl sites for hydroxylation is 1. The number of hydrogen-bond acceptors (Lipinski definition) is 1. The largest absolute Gasteiger partial charge is 0.366 e. The summed E-state index contributed by atoms with van der Waals surface area (Å²) >= 11 is 0. The van der Waals surface area contributed by atoms with Crippen molar-refractivity contribution in [3.8, 4) is 0 Å². The van der Waals surface area contributed by atoms with Gasteiger partial charge in [-0.15, -0.1) is 0 Å². The second-order valence-electron chi connectivity index (χ2n) is 7.61. The van der Waals surface area contributed by atoms with Crippen LogP contribution in [-0.2, 0) is 0 Å². The summed E-state index contributed by atoms with van der Waals surface area (Å²) in [5.74, 6) is 0. The van der Waals surface area contributed by atoms with Crippen LogP contribution in [0.25, 0.3) is 5.70 Å². The Balaban J connectivity index is 1.93. The van der Waals surface area contributed by atoms with Gasteiger partial charge in [-0.05, 0) is 50.5 Å². The second kappa shape index (κ2) is 5.19. The molecule has 1 aromatic rings. The van der Waals surface area contributed by atoms with E-state index in [0.29, 0.717) is 5.41 Å². The average molecular weight is 283 g/mol. The summed E-state index contributed by atoms with van der Waals surface area (Å²) in [6.45, 7) is 12.8. The van der Waals surface area contributed by atoms with Crippen molar-refractivity contribution < 1.29 is 0 Å². The van der Waals surface area contributed by atoms with Crippen LogP contribution >= 0.6 is 0 Å². The van der Waals surface area contributed by atoms with Gasteiger partial charge in [-0.2, -0.15) is 0 Å². The van der Waals surface area contributed by atoms with E-state index in [2.05, 4.69) is 56.5 Å². The highest BCUT2D eigenvalue weighted by atomic mass is 15.2. The SMILES string of the molecule is C=C(c1ccc(C)cc1)N1CCCC2(C)CCCCC12C. The van der Waals surface area contributed by atoms with E-state index in [4.69, 9.17) is 0 Å². The first kappa shape index (κ1) is 14.7. The van der Waals surface area contributed by atoms with E-state index in [9.17, 15) is 0 Å². The molecule has 0 amide bonds. The zero-order chi connectivity index (χ0) is 15.1. The minimum atomic E-state index is 0.283. The van der Waals surface area contributed by atoms with Crippen LogP contribution in [0.15, 0.2) is 30.8 Å². The molecule has 2 fully saturated rings. The standard InChI is InChI=1S/C20H29N/c1-16-8-10-18(11-9-16)17(2)21-15-7-13-19(3)12-5-6-14-20(19,21)4/h8-11H,2,5-7,12-15H2,1,3-4H3. The molecule has 2 aliphatic rings. The first-order valence-corrected chi connectivity index (χ1v) is 8.50. The molecule has 2 unspecified atom stereocenters. The van der Waals surface area contributed by atoms with Gasteiger partial charge in [0.15, 0.2) is 0 Å². The van der Waals surface area contributed by atoms with E-state index in [0.717, 1.165) is 0 Å². The Hall–Kier alpha value is -1.24. The highest BCUT2D eigenvalue weighted by molar-refractivity contribution is 5.63. The van der Waals surface area contributed by atoms with E-state index in [1.165, 1.54) is 61.9 Å². The molecule has 1 saturated heterocycles. The van der Waals surface area contributed by atoms with Crippen LogP contribution in [0.1, 0.15) is 63.5 Å². The van der Waals surface area contributed by atoms with E-state index >= 15 is 0 Å². The van der Waals surface area contributed by atoms with Crippen molar-refractivity contribution in [1.29, 1.82) is 0 Å². The van der Waals surface area contributed by atoms with E-state index < -0.39 is 0 Å². The molecular formula is C20H29N. The lowest BCUT2D eigenvalue weighted by Crippen LogP contribution is -2.60. The molecule has 0 spiro atoms. The maximum atomic E-state index is 4.47. The summed E-state index contributed by atoms with van der Waals surface area (Å²) in [6, 6.07) is 8.87. The van der Waals surface area contributed by atoms with Gasteiger partial charge in [0.1, 0.15) is 0 Å². The lowest BCUT2D eigenvalue weighted by molar-refractivity contribution is -0.0501. The van der Waals surface area contributed by atoms with Crippen molar-refractivity contribution >= 4 is 5.70 Å². The van der Waals surface area contributed by atoms with Crippen molar-refractivity contribution in [2.75, 3.05) is 6.54 Å². The summed E-state index contributed by atoms with van der Waals surface area (Å²) in [6.07, 6.45) is 8.13. The van der Waals surface area contributed by atoms with Crippen LogP contribution in [-0.4, -0.2) is 17.0 Å². The zero-order valence-corrected chi connectivity index (χ0v) is 13.9. The fourth-order valence-corrected chi connectivity index (χ4v) is 4.62. The van der Waals surface area contributed by atoms with Gasteiger partial charge < -0.3 is 4.90 Å². The first-order chi connectivity index (χ1) is 9.96. The highest BCUT2D eigenvalue weighted by Crippen LogP contribution is 2.54. The van der Waals surface area contributed by atoms with Gasteiger partial charge in [-0.1, -0.05) is 56.2 Å². The predicted molar refractivity (Wildman–Crippen MR) is 91.1 cm³/mol. The Bertz CT molecular complexity index is 525. The predicted octanol–water partition coefficient (Wildman–Crippen LogP) is 5.40. The van der Waals surface area contributed by atoms with Crippen LogP contribution in [0.2, 0.25) is 0 Å². The number of likely N-dealkylation sites (tertiary alicyclic amines) is 1. The van der Waals surface area contributed by atoms with Crippen LogP contribution in [0.4, 0.5) is 0 Å². The molecule has 1 nitrogen and oxygen atoms in total. The third-order valence-electron chi connectivity index (χ3n) is 6.36. The molecule has 1 heteroatoms. The number of rotatable bonds is 2. The average Bonchev–Trinajstić information content (AvgIpc) is 2.47. The van der Waals surface area contributed by atoms with Crippen molar-refractivity contribution in [2.45, 2.75) is 64.8 Å². The highest BCUT2D eigenvalue weighted by Gasteiger charge is 2.51. The first-order valence-electron chi connectivity index (χ1n) is 8.50. The third kappa shape index (κ3) is 2.31. The Labute approximate surface area is 130 Å². The van der Waals surface area contributed by atoms with Gasteiger partial charge in [0.05, 0.1) is 0 Å². The lowest BCUT2D eigenvalue weighted by atomic mass is 9.58. The molecule has 0 aromatic heterocycles. The zero-order valence-electron chi connectivity index (χ0n) is 13.9. The molecule has 2 atom stereocenters. The molecule has 1 aromatic carbocycles. The number of fused-ring (bicyclic) bond motifs is 1. The van der Waals surface area contributed by atoms with Gasteiger partial charge in [-0.25, -0.2) is 0 Å². The van der Waals surface area contributed by atoms with Crippen LogP contribution < -0.4 is 0 Å². The molecule has 1 aliphatic heterocycles. The molecule has 21 heavy (non-hydrogen) atoms. The second-order valence-corrected chi connectivity index (χ2v) is 7.61. The number of nitrogens with zero attached hydrogens (tertiary/aromatic N) is 1. The van der Waals surface area contributed by atoms with Crippen molar-refractivity contribution in [1.82, 2.24) is 4.90 Å². The Morgan fingerprint density at radius 3 is 2.33 bits per heavy atom. The molecule has 0 radical (unpaired) electrons. The minimum Gasteiger partial charge on any atom is -0.366 e.